The normalized spacial score (nSPS) is 10.9. The van der Waals surface area contributed by atoms with Crippen molar-refractivity contribution in [1.29, 1.82) is 0 Å². The molecule has 0 amide bonds. The smallest absolute Gasteiger partial charge is 0.235 e. The highest BCUT2D eigenvalue weighted by Gasteiger charge is 2.18. The van der Waals surface area contributed by atoms with Crippen LogP contribution in [-0.4, -0.2) is 7.11 Å². The van der Waals surface area contributed by atoms with Gasteiger partial charge in [0.2, 0.25) is 11.2 Å². The lowest BCUT2D eigenvalue weighted by atomic mass is 10.1. The summed E-state index contributed by atoms with van der Waals surface area (Å²) in [6, 6.07) is 20.2. The van der Waals surface area contributed by atoms with Crippen LogP contribution >= 0.6 is 11.6 Å². The van der Waals surface area contributed by atoms with Crippen molar-refractivity contribution in [2.45, 2.75) is 13.5 Å². The van der Waals surface area contributed by atoms with Crippen molar-refractivity contribution in [3.63, 3.8) is 0 Å². The third-order valence-electron chi connectivity index (χ3n) is 4.63. The zero-order valence-corrected chi connectivity index (χ0v) is 16.8. The maximum absolute atomic E-state index is 13.2. The summed E-state index contributed by atoms with van der Waals surface area (Å²) in [5, 5.41) is 0.848. The fourth-order valence-corrected chi connectivity index (χ4v) is 3.34. The second-order valence-corrected chi connectivity index (χ2v) is 7.17. The zero-order chi connectivity index (χ0) is 20.4. The number of rotatable bonds is 5. The Hall–Kier alpha value is -3.24. The van der Waals surface area contributed by atoms with E-state index in [2.05, 4.69) is 0 Å². The number of halogens is 1. The molecule has 0 unspecified atom stereocenters. The van der Waals surface area contributed by atoms with Gasteiger partial charge in [-0.05, 0) is 55.0 Å². The van der Waals surface area contributed by atoms with E-state index < -0.39 is 0 Å². The number of methoxy groups -OCH3 is 1. The van der Waals surface area contributed by atoms with Crippen LogP contribution in [0.15, 0.2) is 75.9 Å². The molecule has 0 atom stereocenters. The molecule has 4 nitrogen and oxygen atoms in total. The molecule has 0 aliphatic carbocycles. The highest BCUT2D eigenvalue weighted by atomic mass is 35.5. The van der Waals surface area contributed by atoms with E-state index in [9.17, 15) is 4.79 Å². The van der Waals surface area contributed by atoms with E-state index in [-0.39, 0.29) is 17.8 Å². The van der Waals surface area contributed by atoms with Gasteiger partial charge in [0.15, 0.2) is 5.76 Å². The van der Waals surface area contributed by atoms with Crippen molar-refractivity contribution in [2.24, 2.45) is 0 Å². The van der Waals surface area contributed by atoms with Crippen LogP contribution in [-0.2, 0) is 6.61 Å². The summed E-state index contributed by atoms with van der Waals surface area (Å²) in [7, 11) is 1.60. The summed E-state index contributed by atoms with van der Waals surface area (Å²) in [5.74, 6) is 1.25. The van der Waals surface area contributed by atoms with E-state index in [1.807, 2.05) is 55.5 Å². The molecule has 3 aromatic carbocycles. The summed E-state index contributed by atoms with van der Waals surface area (Å²) in [6.07, 6.45) is 0. The SMILES string of the molecule is COc1ccc(-c2oc3ccc(Cl)cc3c(=O)c2OCc2cccc(C)c2)cc1. The van der Waals surface area contributed by atoms with Crippen LogP contribution in [0, 0.1) is 6.92 Å². The Bertz CT molecular complexity index is 1230. The third-order valence-corrected chi connectivity index (χ3v) is 4.86. The van der Waals surface area contributed by atoms with Gasteiger partial charge in [-0.3, -0.25) is 4.79 Å². The Morgan fingerprint density at radius 1 is 1.00 bits per heavy atom. The van der Waals surface area contributed by atoms with Gasteiger partial charge < -0.3 is 13.9 Å². The first-order valence-corrected chi connectivity index (χ1v) is 9.52. The second-order valence-electron chi connectivity index (χ2n) is 6.74. The van der Waals surface area contributed by atoms with E-state index in [1.165, 1.54) is 0 Å². The highest BCUT2D eigenvalue weighted by molar-refractivity contribution is 6.31. The first kappa shape index (κ1) is 19.1. The van der Waals surface area contributed by atoms with Gasteiger partial charge in [0, 0.05) is 10.6 Å². The lowest BCUT2D eigenvalue weighted by Gasteiger charge is -2.12. The van der Waals surface area contributed by atoms with E-state index in [4.69, 9.17) is 25.5 Å². The average molecular weight is 407 g/mol. The summed E-state index contributed by atoms with van der Waals surface area (Å²) >= 11 is 6.09. The molecule has 0 aliphatic heterocycles. The minimum Gasteiger partial charge on any atom is -0.497 e. The number of benzene rings is 3. The van der Waals surface area contributed by atoms with E-state index in [0.29, 0.717) is 27.5 Å². The molecule has 4 aromatic rings. The molecule has 0 N–H and O–H groups in total. The maximum atomic E-state index is 13.2. The Morgan fingerprint density at radius 3 is 2.52 bits per heavy atom. The molecule has 1 aromatic heterocycles. The average Bonchev–Trinajstić information content (AvgIpc) is 2.73. The lowest BCUT2D eigenvalue weighted by Crippen LogP contribution is -2.10. The van der Waals surface area contributed by atoms with Crippen molar-refractivity contribution in [1.82, 2.24) is 0 Å². The molecular formula is C24H19ClO4. The maximum Gasteiger partial charge on any atom is 0.235 e. The van der Waals surface area contributed by atoms with Crippen molar-refractivity contribution in [3.8, 4) is 22.8 Å². The van der Waals surface area contributed by atoms with Crippen LogP contribution in [0.4, 0.5) is 0 Å². The highest BCUT2D eigenvalue weighted by Crippen LogP contribution is 2.33. The summed E-state index contributed by atoms with van der Waals surface area (Å²) in [4.78, 5) is 13.2. The van der Waals surface area contributed by atoms with Crippen LogP contribution in [0.3, 0.4) is 0 Å². The van der Waals surface area contributed by atoms with Gasteiger partial charge in [-0.25, -0.2) is 0 Å². The van der Waals surface area contributed by atoms with Gasteiger partial charge in [0.05, 0.1) is 12.5 Å². The molecule has 0 spiro atoms. The fourth-order valence-electron chi connectivity index (χ4n) is 3.17. The number of hydrogen-bond acceptors (Lipinski definition) is 4. The van der Waals surface area contributed by atoms with Crippen molar-refractivity contribution >= 4 is 22.6 Å². The molecule has 0 saturated carbocycles. The molecule has 29 heavy (non-hydrogen) atoms. The first-order chi connectivity index (χ1) is 14.0. The molecule has 5 heteroatoms. The lowest BCUT2D eigenvalue weighted by molar-refractivity contribution is 0.298. The second kappa shape index (κ2) is 8.02. The Labute approximate surface area is 173 Å². The Morgan fingerprint density at radius 2 is 1.79 bits per heavy atom. The number of ether oxygens (including phenoxy) is 2. The number of aryl methyl sites for hydroxylation is 1. The van der Waals surface area contributed by atoms with E-state index >= 15 is 0 Å². The van der Waals surface area contributed by atoms with E-state index in [0.717, 1.165) is 16.7 Å². The molecule has 0 radical (unpaired) electrons. The zero-order valence-electron chi connectivity index (χ0n) is 16.1. The molecular weight excluding hydrogens is 388 g/mol. The monoisotopic (exact) mass is 406 g/mol. The quantitative estimate of drug-likeness (QED) is 0.407. The number of fused-ring (bicyclic) bond motifs is 1. The van der Waals surface area contributed by atoms with Gasteiger partial charge in [0.25, 0.3) is 0 Å². The standard InChI is InChI=1S/C24H19ClO4/c1-15-4-3-5-16(12-15)14-28-24-22(26)20-13-18(25)8-11-21(20)29-23(24)17-6-9-19(27-2)10-7-17/h3-13H,14H2,1-2H3. The van der Waals surface area contributed by atoms with Crippen LogP contribution in [0.5, 0.6) is 11.5 Å². The molecule has 0 bridgehead atoms. The summed E-state index contributed by atoms with van der Waals surface area (Å²) in [6.45, 7) is 2.26. The van der Waals surface area contributed by atoms with Crippen LogP contribution < -0.4 is 14.9 Å². The molecule has 0 aliphatic rings. The van der Waals surface area contributed by atoms with Gasteiger partial charge in [0.1, 0.15) is 17.9 Å². The predicted molar refractivity (Wildman–Crippen MR) is 115 cm³/mol. The minimum atomic E-state index is -0.257. The largest absolute Gasteiger partial charge is 0.497 e. The molecule has 146 valence electrons. The summed E-state index contributed by atoms with van der Waals surface area (Å²) in [5.41, 5.74) is 3.01. The van der Waals surface area contributed by atoms with E-state index in [1.54, 1.807) is 25.3 Å². The third kappa shape index (κ3) is 3.98. The van der Waals surface area contributed by atoms with Gasteiger partial charge in [-0.1, -0.05) is 41.4 Å². The van der Waals surface area contributed by atoms with Gasteiger partial charge >= 0.3 is 0 Å². The van der Waals surface area contributed by atoms with Gasteiger partial charge in [-0.2, -0.15) is 0 Å². The minimum absolute atomic E-state index is 0.159. The fraction of sp³-hybridized carbons (Fsp3) is 0.125. The van der Waals surface area contributed by atoms with Crippen LogP contribution in [0.2, 0.25) is 5.02 Å². The van der Waals surface area contributed by atoms with Crippen molar-refractivity contribution in [3.05, 3.63) is 93.1 Å². The first-order valence-electron chi connectivity index (χ1n) is 9.14. The predicted octanol–water partition coefficient (Wildman–Crippen LogP) is 6.01. The molecule has 4 rings (SSSR count). The molecule has 0 saturated heterocycles. The van der Waals surface area contributed by atoms with Crippen molar-refractivity contribution < 1.29 is 13.9 Å². The van der Waals surface area contributed by atoms with Crippen LogP contribution in [0.25, 0.3) is 22.3 Å². The van der Waals surface area contributed by atoms with Gasteiger partial charge in [-0.15, -0.1) is 0 Å². The topological polar surface area (TPSA) is 48.7 Å². The molecule has 0 fully saturated rings. The van der Waals surface area contributed by atoms with Crippen LogP contribution in [0.1, 0.15) is 11.1 Å². The Balaban J connectivity index is 1.84. The van der Waals surface area contributed by atoms with Crippen molar-refractivity contribution in [2.75, 3.05) is 7.11 Å². The Kier molecular flexibility index (Phi) is 5.28. The number of hydrogen-bond donors (Lipinski definition) is 0. The molecule has 1 heterocycles. The summed E-state index contributed by atoms with van der Waals surface area (Å²) < 4.78 is 17.3.